The molecule has 0 N–H and O–H groups in total. The zero-order chi connectivity index (χ0) is 18.9. The van der Waals surface area contributed by atoms with Crippen LogP contribution in [0.3, 0.4) is 0 Å². The second kappa shape index (κ2) is 6.91. The molecule has 6 nitrogen and oxygen atoms in total. The Labute approximate surface area is 150 Å². The number of carbonyl (C=O) groups is 1. The summed E-state index contributed by atoms with van der Waals surface area (Å²) >= 11 is 5.90. The van der Waals surface area contributed by atoms with Crippen LogP contribution in [0.15, 0.2) is 30.5 Å². The number of ether oxygens (including phenoxy) is 1. The number of pyridine rings is 1. The number of alkyl halides is 3. The lowest BCUT2D eigenvalue weighted by atomic mass is 10.1. The van der Waals surface area contributed by atoms with Crippen molar-refractivity contribution < 1.29 is 22.7 Å². The lowest BCUT2D eigenvalue weighted by molar-refractivity contribution is -0.142. The number of benzene rings is 1. The summed E-state index contributed by atoms with van der Waals surface area (Å²) in [5, 5.41) is 8.24. The Morgan fingerprint density at radius 1 is 1.27 bits per heavy atom. The molecule has 0 saturated carbocycles. The summed E-state index contributed by atoms with van der Waals surface area (Å²) in [6.07, 6.45) is -3.32. The van der Waals surface area contributed by atoms with E-state index in [2.05, 4.69) is 19.9 Å². The van der Waals surface area contributed by atoms with Crippen molar-refractivity contribution in [3.8, 4) is 0 Å². The topological polar surface area (TPSA) is 69.9 Å². The van der Waals surface area contributed by atoms with Gasteiger partial charge in [-0.2, -0.15) is 18.0 Å². The van der Waals surface area contributed by atoms with Gasteiger partial charge < -0.3 is 4.74 Å². The van der Waals surface area contributed by atoms with Gasteiger partial charge in [0, 0.05) is 11.6 Å². The van der Waals surface area contributed by atoms with Gasteiger partial charge >= 0.3 is 12.1 Å². The van der Waals surface area contributed by atoms with Crippen LogP contribution < -0.4 is 0 Å². The third-order valence-corrected chi connectivity index (χ3v) is 3.64. The molecular formula is C16H12ClF3N4O2. The van der Waals surface area contributed by atoms with Gasteiger partial charge in [-0.05, 0) is 30.7 Å². The minimum Gasteiger partial charge on any atom is -0.461 e. The first-order valence-corrected chi connectivity index (χ1v) is 7.89. The Morgan fingerprint density at radius 2 is 2.04 bits per heavy atom. The fourth-order valence-electron chi connectivity index (χ4n) is 2.36. The predicted molar refractivity (Wildman–Crippen MR) is 86.8 cm³/mol. The molecule has 0 aliphatic rings. The van der Waals surface area contributed by atoms with E-state index in [1.54, 1.807) is 24.3 Å². The average molecular weight is 385 g/mol. The molecule has 0 radical (unpaired) electrons. The highest BCUT2D eigenvalue weighted by atomic mass is 35.5. The van der Waals surface area contributed by atoms with Crippen LogP contribution in [0.5, 0.6) is 0 Å². The second-order valence-electron chi connectivity index (χ2n) is 5.33. The first-order valence-electron chi connectivity index (χ1n) is 7.51. The first-order chi connectivity index (χ1) is 12.3. The molecule has 26 heavy (non-hydrogen) atoms. The second-order valence-corrected chi connectivity index (χ2v) is 5.76. The van der Waals surface area contributed by atoms with Crippen molar-refractivity contribution in [2.75, 3.05) is 6.61 Å². The summed E-state index contributed by atoms with van der Waals surface area (Å²) in [7, 11) is 0. The van der Waals surface area contributed by atoms with Crippen molar-refractivity contribution in [3.05, 3.63) is 52.4 Å². The Morgan fingerprint density at radius 3 is 2.73 bits per heavy atom. The zero-order valence-electron chi connectivity index (χ0n) is 13.4. The highest BCUT2D eigenvalue weighted by molar-refractivity contribution is 6.31. The lowest BCUT2D eigenvalue weighted by Crippen LogP contribution is -2.15. The molecule has 0 atom stereocenters. The smallest absolute Gasteiger partial charge is 0.437 e. The lowest BCUT2D eigenvalue weighted by Gasteiger charge is -2.04. The van der Waals surface area contributed by atoms with Crippen LogP contribution in [0.4, 0.5) is 13.2 Å². The molecule has 0 fully saturated rings. The Hall–Kier alpha value is -2.68. The summed E-state index contributed by atoms with van der Waals surface area (Å²) in [6.45, 7) is 1.36. The maximum absolute atomic E-state index is 13.1. The molecular weight excluding hydrogens is 373 g/mol. The molecule has 2 aromatic heterocycles. The number of fused-ring (bicyclic) bond motifs is 1. The van der Waals surface area contributed by atoms with E-state index in [4.69, 9.17) is 11.6 Å². The number of hydrogen-bond acceptors (Lipinski definition) is 5. The van der Waals surface area contributed by atoms with E-state index in [0.717, 1.165) is 10.2 Å². The fraction of sp³-hybridized carbons (Fsp3) is 0.250. The standard InChI is InChI=1S/C16H12ClF3N4O2/c1-2-26-15(25)13-14(16(18,19)20)23-24(22-13)8-9-3-4-12-10(5-9)6-11(17)7-21-12/h3-7H,2,8H2,1H3. The molecule has 0 amide bonds. The summed E-state index contributed by atoms with van der Waals surface area (Å²) in [5.74, 6) is -1.17. The van der Waals surface area contributed by atoms with Gasteiger partial charge in [-0.25, -0.2) is 4.79 Å². The van der Waals surface area contributed by atoms with Crippen molar-refractivity contribution in [2.45, 2.75) is 19.6 Å². The van der Waals surface area contributed by atoms with Gasteiger partial charge in [-0.1, -0.05) is 17.7 Å². The van der Waals surface area contributed by atoms with Gasteiger partial charge in [0.15, 0.2) is 0 Å². The summed E-state index contributed by atoms with van der Waals surface area (Å²) in [6, 6.07) is 6.80. The number of rotatable bonds is 4. The van der Waals surface area contributed by atoms with Gasteiger partial charge in [-0.3, -0.25) is 4.98 Å². The van der Waals surface area contributed by atoms with Crippen LogP contribution in [0.2, 0.25) is 5.02 Å². The van der Waals surface area contributed by atoms with Gasteiger partial charge in [0.25, 0.3) is 0 Å². The Kier molecular flexibility index (Phi) is 4.82. The van der Waals surface area contributed by atoms with E-state index in [1.807, 2.05) is 0 Å². The van der Waals surface area contributed by atoms with Crippen LogP contribution >= 0.6 is 11.6 Å². The molecule has 136 valence electrons. The number of carbonyl (C=O) groups excluding carboxylic acids is 1. The molecule has 0 unspecified atom stereocenters. The maximum Gasteiger partial charge on any atom is 0.437 e. The van der Waals surface area contributed by atoms with Crippen LogP contribution in [0.1, 0.15) is 28.7 Å². The monoisotopic (exact) mass is 384 g/mol. The van der Waals surface area contributed by atoms with E-state index >= 15 is 0 Å². The Balaban J connectivity index is 1.96. The van der Waals surface area contributed by atoms with Gasteiger partial charge in [-0.15, -0.1) is 10.2 Å². The van der Waals surface area contributed by atoms with Crippen molar-refractivity contribution in [2.24, 2.45) is 0 Å². The zero-order valence-corrected chi connectivity index (χ0v) is 14.2. The summed E-state index contributed by atoms with van der Waals surface area (Å²) < 4.78 is 43.9. The van der Waals surface area contributed by atoms with Crippen LogP contribution in [0, 0.1) is 0 Å². The normalized spacial score (nSPS) is 11.7. The molecule has 3 aromatic rings. The Bertz CT molecular complexity index is 972. The van der Waals surface area contributed by atoms with Crippen molar-refractivity contribution >= 4 is 28.5 Å². The van der Waals surface area contributed by atoms with E-state index in [-0.39, 0.29) is 13.2 Å². The van der Waals surface area contributed by atoms with Crippen molar-refractivity contribution in [3.63, 3.8) is 0 Å². The number of nitrogens with zero attached hydrogens (tertiary/aromatic N) is 4. The van der Waals surface area contributed by atoms with E-state index in [9.17, 15) is 18.0 Å². The molecule has 10 heteroatoms. The maximum atomic E-state index is 13.1. The first kappa shape index (κ1) is 18.1. The molecule has 2 heterocycles. The number of esters is 1. The molecule has 0 spiro atoms. The van der Waals surface area contributed by atoms with Crippen molar-refractivity contribution in [1.82, 2.24) is 20.0 Å². The molecule has 1 aromatic carbocycles. The van der Waals surface area contributed by atoms with Gasteiger partial charge in [0.2, 0.25) is 11.4 Å². The van der Waals surface area contributed by atoms with E-state index in [0.29, 0.717) is 16.1 Å². The third-order valence-electron chi connectivity index (χ3n) is 3.43. The van der Waals surface area contributed by atoms with Gasteiger partial charge in [0.1, 0.15) is 0 Å². The molecule has 0 bridgehead atoms. The highest BCUT2D eigenvalue weighted by Gasteiger charge is 2.41. The largest absolute Gasteiger partial charge is 0.461 e. The molecule has 0 aliphatic carbocycles. The minimum atomic E-state index is -4.82. The summed E-state index contributed by atoms with van der Waals surface area (Å²) in [4.78, 5) is 16.7. The minimum absolute atomic E-state index is 0.0645. The third kappa shape index (κ3) is 3.77. The number of halogens is 4. The van der Waals surface area contributed by atoms with Crippen LogP contribution in [-0.2, 0) is 17.5 Å². The van der Waals surface area contributed by atoms with E-state index < -0.39 is 23.5 Å². The van der Waals surface area contributed by atoms with Gasteiger partial charge in [0.05, 0.1) is 23.7 Å². The van der Waals surface area contributed by atoms with Crippen LogP contribution in [0.25, 0.3) is 10.9 Å². The molecule has 0 saturated heterocycles. The predicted octanol–water partition coefficient (Wildman–Crippen LogP) is 3.72. The van der Waals surface area contributed by atoms with E-state index in [1.165, 1.54) is 13.1 Å². The molecule has 3 rings (SSSR count). The highest BCUT2D eigenvalue weighted by Crippen LogP contribution is 2.30. The molecule has 0 aliphatic heterocycles. The summed E-state index contributed by atoms with van der Waals surface area (Å²) in [5.41, 5.74) is -0.915. The van der Waals surface area contributed by atoms with Crippen molar-refractivity contribution in [1.29, 1.82) is 0 Å². The average Bonchev–Trinajstić information content (AvgIpc) is 2.99. The SMILES string of the molecule is CCOC(=O)c1nn(Cc2ccc3ncc(Cl)cc3c2)nc1C(F)(F)F. The number of aromatic nitrogens is 4. The number of hydrogen-bond donors (Lipinski definition) is 0. The quantitative estimate of drug-likeness (QED) is 0.641. The fourth-order valence-corrected chi connectivity index (χ4v) is 2.53. The van der Waals surface area contributed by atoms with Crippen LogP contribution in [-0.4, -0.2) is 32.6 Å².